The number of hydrogen-bond acceptors (Lipinski definition) is 6. The third-order valence-electron chi connectivity index (χ3n) is 6.12. The summed E-state index contributed by atoms with van der Waals surface area (Å²) < 4.78 is 27.9. The molecule has 34 heavy (non-hydrogen) atoms. The lowest BCUT2D eigenvalue weighted by molar-refractivity contribution is 0.181. The molecule has 1 aliphatic heterocycles. The topological polar surface area (TPSA) is 113 Å². The molecule has 0 unspecified atom stereocenters. The maximum Gasteiger partial charge on any atom is 0.244 e. The lowest BCUT2D eigenvalue weighted by atomic mass is 10.1. The number of aromatic nitrogens is 2. The Morgan fingerprint density at radius 2 is 1.79 bits per heavy atom. The molecule has 0 radical (unpaired) electrons. The standard InChI is InChI=1S/C25H23N5O3S/c26-15-19-6-8-22-21(14-19)24(25(31)28-22)23-9-7-20(16-27-23)34(32,33)30-12-10-29(11-13-30)17-18-4-2-1-3-5-18/h1-9,14,16,28,31H,10-13,17H2. The zero-order valence-corrected chi connectivity index (χ0v) is 19.2. The summed E-state index contributed by atoms with van der Waals surface area (Å²) in [6.07, 6.45) is 1.33. The van der Waals surface area contributed by atoms with Crippen LogP contribution in [0.5, 0.6) is 5.88 Å². The Balaban J connectivity index is 1.33. The molecule has 4 aromatic rings. The van der Waals surface area contributed by atoms with Crippen molar-refractivity contribution < 1.29 is 13.5 Å². The number of nitrogens with zero attached hydrogens (tertiary/aromatic N) is 4. The molecule has 3 heterocycles. The molecule has 8 nitrogen and oxygen atoms in total. The van der Waals surface area contributed by atoms with Gasteiger partial charge >= 0.3 is 0 Å². The van der Waals surface area contributed by atoms with Crippen molar-refractivity contribution in [3.63, 3.8) is 0 Å². The van der Waals surface area contributed by atoms with Crippen molar-refractivity contribution in [1.29, 1.82) is 5.26 Å². The highest BCUT2D eigenvalue weighted by atomic mass is 32.2. The van der Waals surface area contributed by atoms with Gasteiger partial charge in [-0.05, 0) is 35.9 Å². The van der Waals surface area contributed by atoms with E-state index in [0.29, 0.717) is 53.9 Å². The quantitative estimate of drug-likeness (QED) is 0.460. The minimum absolute atomic E-state index is 0.0808. The first-order chi connectivity index (χ1) is 16.5. The van der Waals surface area contributed by atoms with Gasteiger partial charge in [0, 0.05) is 49.8 Å². The number of nitriles is 1. The molecule has 9 heteroatoms. The molecule has 2 aromatic heterocycles. The third kappa shape index (κ3) is 4.15. The Labute approximate surface area is 197 Å². The number of rotatable bonds is 5. The van der Waals surface area contributed by atoms with Crippen LogP contribution in [0.1, 0.15) is 11.1 Å². The Morgan fingerprint density at radius 1 is 1.03 bits per heavy atom. The van der Waals surface area contributed by atoms with E-state index in [2.05, 4.69) is 33.1 Å². The predicted octanol–water partition coefficient (Wildman–Crippen LogP) is 3.31. The van der Waals surface area contributed by atoms with Crippen LogP contribution in [-0.4, -0.2) is 58.9 Å². The summed E-state index contributed by atoms with van der Waals surface area (Å²) in [5.74, 6) is -0.0808. The molecule has 5 rings (SSSR count). The smallest absolute Gasteiger partial charge is 0.244 e. The Hall–Kier alpha value is -3.71. The van der Waals surface area contributed by atoms with Gasteiger partial charge < -0.3 is 10.1 Å². The largest absolute Gasteiger partial charge is 0.494 e. The Bertz CT molecular complexity index is 1470. The van der Waals surface area contributed by atoms with Crippen LogP contribution in [0.2, 0.25) is 0 Å². The fraction of sp³-hybridized carbons (Fsp3) is 0.200. The first-order valence-electron chi connectivity index (χ1n) is 10.9. The number of hydrogen-bond donors (Lipinski definition) is 2. The van der Waals surface area contributed by atoms with Gasteiger partial charge in [-0.1, -0.05) is 30.3 Å². The van der Waals surface area contributed by atoms with Crippen LogP contribution in [0, 0.1) is 11.3 Å². The average molecular weight is 474 g/mol. The van der Waals surface area contributed by atoms with E-state index in [4.69, 9.17) is 0 Å². The van der Waals surface area contributed by atoms with E-state index >= 15 is 0 Å². The van der Waals surface area contributed by atoms with E-state index in [1.807, 2.05) is 18.2 Å². The fourth-order valence-corrected chi connectivity index (χ4v) is 5.67. The van der Waals surface area contributed by atoms with Crippen molar-refractivity contribution in [2.24, 2.45) is 0 Å². The van der Waals surface area contributed by atoms with E-state index in [1.54, 1.807) is 24.3 Å². The van der Waals surface area contributed by atoms with Gasteiger partial charge in [0.25, 0.3) is 0 Å². The van der Waals surface area contributed by atoms with Crippen molar-refractivity contribution >= 4 is 20.9 Å². The van der Waals surface area contributed by atoms with Gasteiger partial charge in [-0.25, -0.2) is 8.42 Å². The molecule has 1 fully saturated rings. The van der Waals surface area contributed by atoms with Crippen molar-refractivity contribution in [2.75, 3.05) is 26.2 Å². The van der Waals surface area contributed by atoms with E-state index in [0.717, 1.165) is 6.54 Å². The molecule has 2 aromatic carbocycles. The molecule has 0 amide bonds. The number of piperazine rings is 1. The number of pyridine rings is 1. The predicted molar refractivity (Wildman–Crippen MR) is 128 cm³/mol. The number of nitrogens with one attached hydrogen (secondary N) is 1. The van der Waals surface area contributed by atoms with Crippen LogP contribution >= 0.6 is 0 Å². The van der Waals surface area contributed by atoms with Gasteiger partial charge in [0.05, 0.1) is 22.9 Å². The van der Waals surface area contributed by atoms with E-state index < -0.39 is 10.0 Å². The molecule has 172 valence electrons. The second-order valence-electron chi connectivity index (χ2n) is 8.27. The molecule has 0 spiro atoms. The lowest BCUT2D eigenvalue weighted by Crippen LogP contribution is -2.48. The molecular weight excluding hydrogens is 450 g/mol. The maximum atomic E-state index is 13.2. The van der Waals surface area contributed by atoms with Gasteiger partial charge in [-0.15, -0.1) is 0 Å². The monoisotopic (exact) mass is 473 g/mol. The van der Waals surface area contributed by atoms with Gasteiger partial charge in [0.15, 0.2) is 5.88 Å². The number of aromatic hydroxyl groups is 1. The second kappa shape index (κ2) is 8.91. The highest BCUT2D eigenvalue weighted by Gasteiger charge is 2.29. The van der Waals surface area contributed by atoms with Crippen LogP contribution in [-0.2, 0) is 16.6 Å². The number of aromatic amines is 1. The zero-order chi connectivity index (χ0) is 23.7. The average Bonchev–Trinajstić information content (AvgIpc) is 3.20. The summed E-state index contributed by atoms with van der Waals surface area (Å²) in [7, 11) is -3.68. The normalized spacial score (nSPS) is 15.4. The van der Waals surface area contributed by atoms with E-state index in [9.17, 15) is 18.8 Å². The van der Waals surface area contributed by atoms with Gasteiger partial charge in [0.2, 0.25) is 10.0 Å². The number of fused-ring (bicyclic) bond motifs is 1. The van der Waals surface area contributed by atoms with Gasteiger partial charge in [0.1, 0.15) is 4.90 Å². The summed E-state index contributed by atoms with van der Waals surface area (Å²) in [6, 6.07) is 20.4. The second-order valence-corrected chi connectivity index (χ2v) is 10.2. The summed E-state index contributed by atoms with van der Waals surface area (Å²) >= 11 is 0. The number of benzene rings is 2. The molecule has 0 saturated carbocycles. The Morgan fingerprint density at radius 3 is 2.47 bits per heavy atom. The van der Waals surface area contributed by atoms with E-state index in [1.165, 1.54) is 22.1 Å². The zero-order valence-electron chi connectivity index (χ0n) is 18.3. The SMILES string of the molecule is N#Cc1ccc2[nH]c(O)c(-c3ccc(S(=O)(=O)N4CCN(Cc5ccccc5)CC4)cn3)c2c1. The highest BCUT2D eigenvalue weighted by molar-refractivity contribution is 7.89. The molecule has 2 N–H and O–H groups in total. The minimum Gasteiger partial charge on any atom is -0.494 e. The van der Waals surface area contributed by atoms with Crippen LogP contribution in [0.4, 0.5) is 0 Å². The Kier molecular flexibility index (Phi) is 5.79. The van der Waals surface area contributed by atoms with Gasteiger partial charge in [-0.3, -0.25) is 9.88 Å². The van der Waals surface area contributed by atoms with E-state index in [-0.39, 0.29) is 10.8 Å². The van der Waals surface area contributed by atoms with Crippen molar-refractivity contribution in [2.45, 2.75) is 11.4 Å². The molecule has 0 aliphatic carbocycles. The van der Waals surface area contributed by atoms with Crippen molar-refractivity contribution in [1.82, 2.24) is 19.2 Å². The molecule has 1 aliphatic rings. The summed E-state index contributed by atoms with van der Waals surface area (Å²) in [5, 5.41) is 20.2. The molecule has 1 saturated heterocycles. The number of sulfonamides is 1. The summed E-state index contributed by atoms with van der Waals surface area (Å²) in [4.78, 5) is 9.57. The summed E-state index contributed by atoms with van der Waals surface area (Å²) in [5.41, 5.74) is 3.19. The molecule has 0 bridgehead atoms. The van der Waals surface area contributed by atoms with Crippen molar-refractivity contribution in [3.05, 3.63) is 78.0 Å². The van der Waals surface area contributed by atoms with Crippen LogP contribution in [0.25, 0.3) is 22.2 Å². The highest BCUT2D eigenvalue weighted by Crippen LogP contribution is 2.36. The van der Waals surface area contributed by atoms with Crippen LogP contribution in [0.15, 0.2) is 71.8 Å². The fourth-order valence-electron chi connectivity index (χ4n) is 4.31. The van der Waals surface area contributed by atoms with Gasteiger partial charge in [-0.2, -0.15) is 9.57 Å². The lowest BCUT2D eigenvalue weighted by Gasteiger charge is -2.33. The first-order valence-corrected chi connectivity index (χ1v) is 12.4. The van der Waals surface area contributed by atoms with Crippen molar-refractivity contribution in [3.8, 4) is 23.2 Å². The van der Waals surface area contributed by atoms with Crippen LogP contribution in [0.3, 0.4) is 0 Å². The molecular formula is C25H23N5O3S. The number of H-pyrrole nitrogens is 1. The first kappa shape index (κ1) is 22.1. The van der Waals surface area contributed by atoms with Crippen LogP contribution < -0.4 is 0 Å². The molecule has 0 atom stereocenters. The maximum absolute atomic E-state index is 13.2. The minimum atomic E-state index is -3.68. The third-order valence-corrected chi connectivity index (χ3v) is 8.00. The summed E-state index contributed by atoms with van der Waals surface area (Å²) in [6.45, 7) is 2.94.